The third kappa shape index (κ3) is 6.13. The Bertz CT molecular complexity index is 695. The van der Waals surface area contributed by atoms with Gasteiger partial charge in [0.15, 0.2) is 0 Å². The minimum Gasteiger partial charge on any atom is -0.327 e. The Hall–Kier alpha value is -1.88. The number of amides is 1. The lowest BCUT2D eigenvalue weighted by molar-refractivity contribution is -0.105. The van der Waals surface area contributed by atoms with Gasteiger partial charge in [0.05, 0.1) is 10.7 Å². The van der Waals surface area contributed by atoms with E-state index in [0.29, 0.717) is 17.1 Å². The second-order valence-corrected chi connectivity index (χ2v) is 7.47. The molecule has 0 atom stereocenters. The standard InChI is InChI=1S/C13H23N3.C7H6ClNO/c1-4-5-12-14-15-13(9-6-10(2)3)16(12)11-7-8-11;8-6-3-1-2-4-7(6)9-5-10/h10-11H,4-9H2,1-3H3;1-5H,(H,9,10). The van der Waals surface area contributed by atoms with Gasteiger partial charge < -0.3 is 9.88 Å². The molecule has 1 N–H and O–H groups in total. The van der Waals surface area contributed by atoms with E-state index in [2.05, 4.69) is 40.9 Å². The van der Waals surface area contributed by atoms with Gasteiger partial charge >= 0.3 is 0 Å². The molecule has 1 aliphatic carbocycles. The SMILES string of the molecule is CCCc1nnc(CCC(C)C)n1C1CC1.O=CNc1ccccc1Cl. The number of benzene rings is 1. The molecule has 1 aliphatic rings. The summed E-state index contributed by atoms with van der Waals surface area (Å²) in [5, 5.41) is 11.8. The van der Waals surface area contributed by atoms with Crippen molar-refractivity contribution < 1.29 is 4.79 Å². The van der Waals surface area contributed by atoms with Crippen molar-refractivity contribution in [3.8, 4) is 0 Å². The molecule has 5 nitrogen and oxygen atoms in total. The zero-order valence-corrected chi connectivity index (χ0v) is 16.7. The largest absolute Gasteiger partial charge is 0.327 e. The molecule has 2 aromatic rings. The predicted octanol–water partition coefficient (Wildman–Crippen LogP) is 5.06. The zero-order valence-electron chi connectivity index (χ0n) is 15.9. The van der Waals surface area contributed by atoms with E-state index in [-0.39, 0.29) is 0 Å². The average Bonchev–Trinajstić information content (AvgIpc) is 3.37. The molecule has 0 saturated heterocycles. The molecular weight excluding hydrogens is 348 g/mol. The maximum absolute atomic E-state index is 9.96. The van der Waals surface area contributed by atoms with Gasteiger partial charge in [-0.15, -0.1) is 10.2 Å². The maximum atomic E-state index is 9.96. The number of rotatable bonds is 8. The van der Waals surface area contributed by atoms with Crippen LogP contribution in [0.1, 0.15) is 64.1 Å². The quantitative estimate of drug-likeness (QED) is 0.655. The summed E-state index contributed by atoms with van der Waals surface area (Å²) in [6.45, 7) is 6.75. The topological polar surface area (TPSA) is 59.8 Å². The number of carbonyl (C=O) groups is 1. The van der Waals surface area contributed by atoms with Crippen LogP contribution in [0, 0.1) is 5.92 Å². The molecule has 1 aromatic heterocycles. The van der Waals surface area contributed by atoms with E-state index in [0.717, 1.165) is 31.2 Å². The fourth-order valence-corrected chi connectivity index (χ4v) is 2.93. The van der Waals surface area contributed by atoms with Crippen molar-refractivity contribution in [2.75, 3.05) is 5.32 Å². The second kappa shape index (κ2) is 10.3. The third-order valence-corrected chi connectivity index (χ3v) is 4.59. The van der Waals surface area contributed by atoms with Crippen molar-refractivity contribution in [1.82, 2.24) is 14.8 Å². The fourth-order valence-electron chi connectivity index (χ4n) is 2.74. The maximum Gasteiger partial charge on any atom is 0.211 e. The van der Waals surface area contributed by atoms with Crippen LogP contribution in [-0.4, -0.2) is 21.2 Å². The highest BCUT2D eigenvalue weighted by Gasteiger charge is 2.28. The number of aromatic nitrogens is 3. The number of hydrogen-bond acceptors (Lipinski definition) is 3. The smallest absolute Gasteiger partial charge is 0.211 e. The second-order valence-electron chi connectivity index (χ2n) is 7.06. The fraction of sp³-hybridized carbons (Fsp3) is 0.550. The summed E-state index contributed by atoms with van der Waals surface area (Å²) in [6, 6.07) is 7.78. The molecule has 1 heterocycles. The highest BCUT2D eigenvalue weighted by Crippen LogP contribution is 2.37. The van der Waals surface area contributed by atoms with E-state index < -0.39 is 0 Å². The van der Waals surface area contributed by atoms with Crippen LogP contribution in [0.2, 0.25) is 5.02 Å². The number of carbonyl (C=O) groups excluding carboxylic acids is 1. The van der Waals surface area contributed by atoms with Gasteiger partial charge in [0.1, 0.15) is 11.6 Å². The van der Waals surface area contributed by atoms with Gasteiger partial charge in [-0.05, 0) is 43.7 Å². The van der Waals surface area contributed by atoms with Gasteiger partial charge in [0.2, 0.25) is 6.41 Å². The minimum absolute atomic E-state index is 0.551. The molecule has 6 heteroatoms. The number of aryl methyl sites for hydroxylation is 2. The Labute approximate surface area is 161 Å². The molecule has 0 aliphatic heterocycles. The number of halogens is 1. The normalized spacial score (nSPS) is 13.3. The molecule has 0 bridgehead atoms. The first-order valence-corrected chi connectivity index (χ1v) is 9.81. The Morgan fingerprint density at radius 2 is 1.88 bits per heavy atom. The van der Waals surface area contributed by atoms with Crippen LogP contribution < -0.4 is 5.32 Å². The van der Waals surface area contributed by atoms with Crippen LogP contribution in [0.3, 0.4) is 0 Å². The van der Waals surface area contributed by atoms with E-state index in [9.17, 15) is 4.79 Å². The molecule has 0 unspecified atom stereocenters. The summed E-state index contributed by atoms with van der Waals surface area (Å²) in [6.07, 6.45) is 7.79. The molecule has 3 rings (SSSR count). The van der Waals surface area contributed by atoms with Crippen LogP contribution in [-0.2, 0) is 17.6 Å². The Morgan fingerprint density at radius 3 is 2.42 bits per heavy atom. The number of para-hydroxylation sites is 1. The number of nitrogens with zero attached hydrogens (tertiary/aromatic N) is 3. The van der Waals surface area contributed by atoms with Crippen molar-refractivity contribution in [3.63, 3.8) is 0 Å². The van der Waals surface area contributed by atoms with E-state index in [4.69, 9.17) is 11.6 Å². The summed E-state index contributed by atoms with van der Waals surface area (Å²) in [5.41, 5.74) is 0.638. The molecule has 26 heavy (non-hydrogen) atoms. The van der Waals surface area contributed by atoms with E-state index >= 15 is 0 Å². The number of hydrogen-bond donors (Lipinski definition) is 1. The molecular formula is C20H29ClN4O. The average molecular weight is 377 g/mol. The summed E-state index contributed by atoms with van der Waals surface area (Å²) < 4.78 is 2.42. The predicted molar refractivity (Wildman–Crippen MR) is 107 cm³/mol. The molecule has 142 valence electrons. The molecule has 1 aromatic carbocycles. The minimum atomic E-state index is 0.551. The summed E-state index contributed by atoms with van der Waals surface area (Å²) in [7, 11) is 0. The lowest BCUT2D eigenvalue weighted by atomic mass is 10.1. The summed E-state index contributed by atoms with van der Waals surface area (Å²) in [5.74, 6) is 3.18. The highest BCUT2D eigenvalue weighted by molar-refractivity contribution is 6.33. The van der Waals surface area contributed by atoms with Gasteiger partial charge in [-0.25, -0.2) is 0 Å². The third-order valence-electron chi connectivity index (χ3n) is 4.26. The van der Waals surface area contributed by atoms with Crippen molar-refractivity contribution in [2.45, 2.75) is 65.3 Å². The lowest BCUT2D eigenvalue weighted by Crippen LogP contribution is -2.07. The number of nitrogens with one attached hydrogen (secondary N) is 1. The van der Waals surface area contributed by atoms with Gasteiger partial charge in [-0.3, -0.25) is 4.79 Å². The van der Waals surface area contributed by atoms with Crippen molar-refractivity contribution in [2.24, 2.45) is 5.92 Å². The van der Waals surface area contributed by atoms with Crippen LogP contribution in [0.4, 0.5) is 5.69 Å². The van der Waals surface area contributed by atoms with Crippen LogP contribution in [0.5, 0.6) is 0 Å². The first kappa shape index (κ1) is 20.4. The van der Waals surface area contributed by atoms with E-state index in [1.165, 1.54) is 30.9 Å². The summed E-state index contributed by atoms with van der Waals surface area (Å²) in [4.78, 5) is 9.96. The lowest BCUT2D eigenvalue weighted by Gasteiger charge is -2.09. The highest BCUT2D eigenvalue weighted by atomic mass is 35.5. The monoisotopic (exact) mass is 376 g/mol. The van der Waals surface area contributed by atoms with Crippen LogP contribution in [0.25, 0.3) is 0 Å². The molecule has 1 saturated carbocycles. The van der Waals surface area contributed by atoms with Crippen molar-refractivity contribution in [3.05, 3.63) is 40.9 Å². The van der Waals surface area contributed by atoms with Crippen molar-refractivity contribution >= 4 is 23.7 Å². The zero-order chi connectivity index (χ0) is 18.9. The molecule has 0 spiro atoms. The Morgan fingerprint density at radius 1 is 1.23 bits per heavy atom. The first-order chi connectivity index (χ1) is 12.6. The van der Waals surface area contributed by atoms with Gasteiger partial charge in [-0.2, -0.15) is 0 Å². The first-order valence-electron chi connectivity index (χ1n) is 9.44. The van der Waals surface area contributed by atoms with Crippen molar-refractivity contribution in [1.29, 1.82) is 0 Å². The molecule has 1 amide bonds. The van der Waals surface area contributed by atoms with E-state index in [1.807, 2.05) is 0 Å². The number of anilines is 1. The van der Waals surface area contributed by atoms with Gasteiger partial charge in [-0.1, -0.05) is 44.5 Å². The van der Waals surface area contributed by atoms with Crippen LogP contribution in [0.15, 0.2) is 24.3 Å². The van der Waals surface area contributed by atoms with E-state index in [1.54, 1.807) is 24.3 Å². The molecule has 0 radical (unpaired) electrons. The molecule has 1 fully saturated rings. The van der Waals surface area contributed by atoms with Gasteiger partial charge in [0, 0.05) is 18.9 Å². The summed E-state index contributed by atoms with van der Waals surface area (Å²) >= 11 is 5.68. The van der Waals surface area contributed by atoms with Crippen LogP contribution >= 0.6 is 11.6 Å². The van der Waals surface area contributed by atoms with Gasteiger partial charge in [0.25, 0.3) is 0 Å². The Kier molecular flexibility index (Phi) is 8.10. The Balaban J connectivity index is 0.000000209.